The number of fused-ring (bicyclic) bond motifs is 1. The zero-order chi connectivity index (χ0) is 42.3. The molecule has 0 N–H and O–H groups in total. The summed E-state index contributed by atoms with van der Waals surface area (Å²) < 4.78 is 59.4. The first-order valence-corrected chi connectivity index (χ1v) is 17.3. The van der Waals surface area contributed by atoms with Crippen LogP contribution in [0.5, 0.6) is 0 Å². The molecule has 0 fully saturated rings. The molecule has 0 saturated heterocycles. The molecule has 52 heavy (non-hydrogen) atoms. The average molecular weight is 867 g/mol. The van der Waals surface area contributed by atoms with E-state index >= 15 is 0 Å². The molecule has 7 rings (SSSR count). The number of imidazole rings is 1. The Morgan fingerprint density at radius 1 is 0.769 bits per heavy atom. The van der Waals surface area contributed by atoms with Crippen LogP contribution in [-0.4, -0.2) is 14.5 Å². The maximum absolute atomic E-state index is 8.83. The summed E-state index contributed by atoms with van der Waals surface area (Å²) in [5, 5.41) is 0. The van der Waals surface area contributed by atoms with Crippen LogP contribution in [0.15, 0.2) is 128 Å². The van der Waals surface area contributed by atoms with Crippen LogP contribution in [0.4, 0.5) is 0 Å². The number of aromatic nitrogens is 3. The number of benzene rings is 5. The fourth-order valence-electron chi connectivity index (χ4n) is 6.08. The van der Waals surface area contributed by atoms with Crippen molar-refractivity contribution in [1.82, 2.24) is 14.5 Å². The molecule has 3 nitrogen and oxygen atoms in total. The first-order chi connectivity index (χ1) is 27.1. The summed E-state index contributed by atoms with van der Waals surface area (Å²) in [7, 11) is 0. The quantitative estimate of drug-likeness (QED) is 0.149. The van der Waals surface area contributed by atoms with E-state index < -0.39 is 30.4 Å². The Bertz CT molecular complexity index is 2480. The van der Waals surface area contributed by atoms with Gasteiger partial charge in [0.05, 0.1) is 16.9 Å². The SMILES string of the molecule is [2H]C([2H])([2H])c1c[c-]c(-c2nc3ccccc3n2-c2c(C([2H])(C)C)cccc2C([2H])(C)C)cc1.[2H]C([2H])(c1ccc(-c2ccnc(-c3[c-]cccc3)c2)cc1)C(C)(C)C.[Ir]. The fraction of sp³-hybridized carbons (Fsp3) is 0.250. The molecule has 2 heterocycles. The second kappa shape index (κ2) is 16.8. The van der Waals surface area contributed by atoms with E-state index in [0.717, 1.165) is 50.2 Å². The van der Waals surface area contributed by atoms with Crippen molar-refractivity contribution in [3.05, 3.63) is 162 Å². The molecule has 0 saturated carbocycles. The van der Waals surface area contributed by atoms with E-state index in [1.165, 1.54) is 6.07 Å². The van der Waals surface area contributed by atoms with Crippen molar-refractivity contribution in [2.75, 3.05) is 0 Å². The smallest absolute Gasteiger partial charge is 0.0774 e. The van der Waals surface area contributed by atoms with Gasteiger partial charge in [-0.3, -0.25) is 4.98 Å². The zero-order valence-corrected chi connectivity index (χ0v) is 33.2. The molecule has 0 aliphatic carbocycles. The van der Waals surface area contributed by atoms with Crippen LogP contribution in [0, 0.1) is 24.4 Å². The number of hydrogen-bond acceptors (Lipinski definition) is 2. The maximum Gasteiger partial charge on any atom is 0.0774 e. The topological polar surface area (TPSA) is 30.7 Å². The third kappa shape index (κ3) is 9.05. The molecule has 0 amide bonds. The molecule has 4 heteroatoms. The van der Waals surface area contributed by atoms with Gasteiger partial charge in [-0.1, -0.05) is 116 Å². The summed E-state index contributed by atoms with van der Waals surface area (Å²) in [5.74, 6) is -1.25. The Hall–Kier alpha value is -4.63. The molecule has 0 unspecified atom stereocenters. The van der Waals surface area contributed by atoms with Gasteiger partial charge in [-0.05, 0) is 75.3 Å². The van der Waals surface area contributed by atoms with Crippen molar-refractivity contribution in [2.45, 2.75) is 73.5 Å². The Kier molecular flexibility index (Phi) is 9.66. The van der Waals surface area contributed by atoms with Crippen molar-refractivity contribution < 1.29 is 29.7 Å². The van der Waals surface area contributed by atoms with E-state index in [1.54, 1.807) is 18.3 Å². The number of para-hydroxylation sites is 3. The standard InChI is InChI=1S/C26H27N2.C22H22N.Ir/c1-17(2)21-9-8-10-22(18(3)4)25(21)28-24-12-7-6-11-23(24)27-26(28)20-15-13-19(5)14-16-20;1-22(2,3)16-17-9-11-18(12-10-17)20-13-14-23-21(15-20)19-7-5-4-6-8-19;/h6-15,17-18H,1-5H3;4-7,9-15H,16H2,1-3H3;/q2*-1;/i5D3,17D,18D;16D2;. The van der Waals surface area contributed by atoms with Crippen LogP contribution in [0.3, 0.4) is 0 Å². The molecule has 5 aromatic carbocycles. The molecule has 0 aliphatic heterocycles. The number of pyridine rings is 1. The Labute approximate surface area is 334 Å². The third-order valence-electron chi connectivity index (χ3n) is 8.43. The Balaban J connectivity index is 0.000000229. The summed E-state index contributed by atoms with van der Waals surface area (Å²) in [6.07, 6.45) is 0.418. The van der Waals surface area contributed by atoms with Gasteiger partial charge in [0, 0.05) is 41.6 Å². The van der Waals surface area contributed by atoms with E-state index in [0.29, 0.717) is 17.0 Å². The van der Waals surface area contributed by atoms with E-state index in [4.69, 9.17) is 14.6 Å². The summed E-state index contributed by atoms with van der Waals surface area (Å²) in [5.41, 5.74) is 9.00. The molecular weight excluding hydrogens is 811 g/mol. The minimum Gasteiger partial charge on any atom is -0.333 e. The van der Waals surface area contributed by atoms with Crippen LogP contribution in [0.2, 0.25) is 0 Å². The number of rotatable bonds is 7. The van der Waals surface area contributed by atoms with Crippen LogP contribution >= 0.6 is 0 Å². The predicted molar refractivity (Wildman–Crippen MR) is 215 cm³/mol. The Morgan fingerprint density at radius 2 is 1.48 bits per heavy atom. The van der Waals surface area contributed by atoms with E-state index in [9.17, 15) is 0 Å². The van der Waals surface area contributed by atoms with Gasteiger partial charge in [0.25, 0.3) is 0 Å². The minimum absolute atomic E-state index is 0. The number of nitrogens with zero attached hydrogens (tertiary/aromatic N) is 3. The molecule has 0 bridgehead atoms. The molecule has 0 atom stereocenters. The summed E-state index contributed by atoms with van der Waals surface area (Å²) in [6.45, 7) is 10.9. The van der Waals surface area contributed by atoms with Gasteiger partial charge in [-0.2, -0.15) is 0 Å². The van der Waals surface area contributed by atoms with E-state index in [1.807, 2.05) is 156 Å². The molecular formula is C48H49IrN3-2. The fourth-order valence-corrected chi connectivity index (χ4v) is 6.08. The normalized spacial score (nSPS) is 14.2. The second-order valence-corrected chi connectivity index (χ2v) is 14.1. The van der Waals surface area contributed by atoms with Gasteiger partial charge in [-0.15, -0.1) is 71.3 Å². The molecule has 0 aliphatic rings. The van der Waals surface area contributed by atoms with Crippen LogP contribution in [-0.2, 0) is 26.5 Å². The molecule has 0 spiro atoms. The van der Waals surface area contributed by atoms with Crippen LogP contribution < -0.4 is 0 Å². The van der Waals surface area contributed by atoms with Crippen molar-refractivity contribution in [2.24, 2.45) is 5.41 Å². The first kappa shape index (κ1) is 29.9. The predicted octanol–water partition coefficient (Wildman–Crippen LogP) is 12.8. The molecule has 7 aromatic rings. The van der Waals surface area contributed by atoms with Crippen LogP contribution in [0.25, 0.3) is 50.5 Å². The first-order valence-electron chi connectivity index (χ1n) is 20.8. The average Bonchev–Trinajstić information content (AvgIpc) is 3.56. The van der Waals surface area contributed by atoms with E-state index in [-0.39, 0.29) is 25.7 Å². The van der Waals surface area contributed by atoms with Gasteiger partial charge < -0.3 is 9.55 Å². The van der Waals surface area contributed by atoms with Crippen molar-refractivity contribution in [3.63, 3.8) is 0 Å². The molecule has 267 valence electrons. The summed E-state index contributed by atoms with van der Waals surface area (Å²) in [4.78, 5) is 9.30. The second-order valence-electron chi connectivity index (χ2n) is 14.1. The van der Waals surface area contributed by atoms with Gasteiger partial charge in [0.1, 0.15) is 0 Å². The summed E-state index contributed by atoms with van der Waals surface area (Å²) in [6, 6.07) is 44.1. The molecule has 2 aromatic heterocycles. The van der Waals surface area contributed by atoms with Crippen LogP contribution in [0.1, 0.15) is 92.1 Å². The number of hydrogen-bond donors (Lipinski definition) is 0. The third-order valence-corrected chi connectivity index (χ3v) is 8.43. The van der Waals surface area contributed by atoms with Gasteiger partial charge in [-0.25, -0.2) is 0 Å². The summed E-state index contributed by atoms with van der Waals surface area (Å²) >= 11 is 0. The van der Waals surface area contributed by atoms with E-state index in [2.05, 4.69) is 17.1 Å². The van der Waals surface area contributed by atoms with Crippen molar-refractivity contribution in [1.29, 1.82) is 0 Å². The largest absolute Gasteiger partial charge is 0.333 e. The maximum atomic E-state index is 8.83. The van der Waals surface area contributed by atoms with Gasteiger partial charge in [0.2, 0.25) is 0 Å². The zero-order valence-electron chi connectivity index (χ0n) is 37.8. The molecule has 1 radical (unpaired) electrons. The van der Waals surface area contributed by atoms with Crippen molar-refractivity contribution in [3.8, 4) is 39.5 Å². The van der Waals surface area contributed by atoms with Crippen molar-refractivity contribution >= 4 is 11.0 Å². The number of aryl methyl sites for hydroxylation is 1. The Morgan fingerprint density at radius 3 is 2.10 bits per heavy atom. The van der Waals surface area contributed by atoms with Gasteiger partial charge >= 0.3 is 0 Å². The minimum atomic E-state index is -2.21. The van der Waals surface area contributed by atoms with Gasteiger partial charge in [0.15, 0.2) is 0 Å². The monoisotopic (exact) mass is 867 g/mol.